The largest absolute Gasteiger partial charge is 0.349 e. The fourth-order valence-corrected chi connectivity index (χ4v) is 2.05. The second-order valence-corrected chi connectivity index (χ2v) is 4.97. The van der Waals surface area contributed by atoms with Crippen LogP contribution in [0.15, 0.2) is 24.4 Å². The van der Waals surface area contributed by atoms with Crippen LogP contribution in [-0.4, -0.2) is 27.4 Å². The molecule has 0 fully saturated rings. The van der Waals surface area contributed by atoms with E-state index in [1.165, 1.54) is 0 Å². The van der Waals surface area contributed by atoms with Gasteiger partial charge in [-0.3, -0.25) is 4.79 Å². The van der Waals surface area contributed by atoms with Crippen LogP contribution < -0.4 is 11.1 Å². The van der Waals surface area contributed by atoms with Gasteiger partial charge in [-0.25, -0.2) is 4.68 Å². The summed E-state index contributed by atoms with van der Waals surface area (Å²) in [5.41, 5.74) is 6.73. The highest BCUT2D eigenvalue weighted by molar-refractivity contribution is 6.35. The molecule has 8 heteroatoms. The average Bonchev–Trinajstić information content (AvgIpc) is 2.87. The number of hydrogen-bond donors (Lipinski definition) is 2. The van der Waals surface area contributed by atoms with Crippen molar-refractivity contribution in [3.8, 4) is 0 Å². The number of hydrogen-bond acceptors (Lipinski definition) is 4. The number of nitrogens with two attached hydrogens (primary N) is 1. The lowest BCUT2D eigenvalue weighted by atomic mass is 10.2. The Hall–Kier alpha value is -1.63. The smallest absolute Gasteiger partial charge is 0.234 e. The molecule has 0 unspecified atom stereocenters. The Labute approximate surface area is 125 Å². The van der Waals surface area contributed by atoms with Crippen molar-refractivity contribution >= 4 is 29.1 Å². The summed E-state index contributed by atoms with van der Waals surface area (Å²) in [6.45, 7) is 0.729. The van der Waals surface area contributed by atoms with Crippen LogP contribution in [0, 0.1) is 0 Å². The first-order valence-corrected chi connectivity index (χ1v) is 6.64. The first kappa shape index (κ1) is 14.8. The van der Waals surface area contributed by atoms with E-state index in [0.717, 1.165) is 5.56 Å². The molecule has 0 aliphatic carbocycles. The lowest BCUT2D eigenvalue weighted by molar-refractivity contribution is -0.119. The van der Waals surface area contributed by atoms with Gasteiger partial charge in [0.15, 0.2) is 0 Å². The van der Waals surface area contributed by atoms with Crippen LogP contribution in [0.2, 0.25) is 10.0 Å². The summed E-state index contributed by atoms with van der Waals surface area (Å²) in [7, 11) is 0. The minimum Gasteiger partial charge on any atom is -0.349 e. The van der Waals surface area contributed by atoms with Gasteiger partial charge in [-0.05, 0) is 17.7 Å². The number of nitrogens with one attached hydrogen (secondary N) is 1. The summed E-state index contributed by atoms with van der Waals surface area (Å²) in [6.07, 6.45) is 1.74. The van der Waals surface area contributed by atoms with Crippen LogP contribution >= 0.6 is 23.2 Å². The number of rotatable bonds is 5. The van der Waals surface area contributed by atoms with Gasteiger partial charge in [0, 0.05) is 10.0 Å². The molecule has 0 spiro atoms. The van der Waals surface area contributed by atoms with E-state index in [0.29, 0.717) is 28.8 Å². The first-order valence-electron chi connectivity index (χ1n) is 5.88. The number of carbonyl (C=O) groups is 1. The second kappa shape index (κ2) is 6.69. The molecule has 0 aliphatic heterocycles. The molecule has 0 bridgehead atoms. The predicted octanol–water partition coefficient (Wildman–Crippen LogP) is 1.21. The van der Waals surface area contributed by atoms with Crippen molar-refractivity contribution in [2.24, 2.45) is 5.73 Å². The minimum atomic E-state index is -0.236. The number of amides is 1. The van der Waals surface area contributed by atoms with E-state index in [2.05, 4.69) is 15.6 Å². The topological polar surface area (TPSA) is 85.8 Å². The van der Waals surface area contributed by atoms with Gasteiger partial charge in [-0.2, -0.15) is 0 Å². The molecule has 0 aliphatic rings. The van der Waals surface area contributed by atoms with E-state index >= 15 is 0 Å². The number of carbonyl (C=O) groups excluding carboxylic acids is 1. The van der Waals surface area contributed by atoms with Crippen molar-refractivity contribution in [1.82, 2.24) is 20.3 Å². The van der Waals surface area contributed by atoms with Gasteiger partial charge in [-0.1, -0.05) is 34.5 Å². The van der Waals surface area contributed by atoms with Crippen molar-refractivity contribution in [3.05, 3.63) is 45.7 Å². The van der Waals surface area contributed by atoms with Crippen molar-refractivity contribution in [3.63, 3.8) is 0 Å². The quantitative estimate of drug-likeness (QED) is 0.868. The number of halogens is 2. The third kappa shape index (κ3) is 3.93. The zero-order chi connectivity index (χ0) is 14.5. The van der Waals surface area contributed by atoms with Crippen LogP contribution in [0.1, 0.15) is 11.3 Å². The van der Waals surface area contributed by atoms with Crippen molar-refractivity contribution < 1.29 is 4.79 Å². The first-order chi connectivity index (χ1) is 9.58. The molecule has 3 N–H and O–H groups in total. The molecule has 106 valence electrons. The van der Waals surface area contributed by atoms with Crippen LogP contribution in [0.25, 0.3) is 0 Å². The highest BCUT2D eigenvalue weighted by Crippen LogP contribution is 2.21. The third-order valence-electron chi connectivity index (χ3n) is 2.59. The maximum absolute atomic E-state index is 11.0. The van der Waals surface area contributed by atoms with Crippen LogP contribution in [0.4, 0.5) is 0 Å². The molecule has 1 aromatic heterocycles. The summed E-state index contributed by atoms with van der Waals surface area (Å²) in [5.74, 6) is -0.236. The maximum atomic E-state index is 11.0. The van der Waals surface area contributed by atoms with Gasteiger partial charge in [0.25, 0.3) is 0 Å². The van der Waals surface area contributed by atoms with Crippen LogP contribution in [0.3, 0.4) is 0 Å². The fraction of sp³-hybridized carbons (Fsp3) is 0.250. The Morgan fingerprint density at radius 2 is 2.20 bits per heavy atom. The van der Waals surface area contributed by atoms with Crippen LogP contribution in [0.5, 0.6) is 0 Å². The highest BCUT2D eigenvalue weighted by Gasteiger charge is 2.06. The summed E-state index contributed by atoms with van der Waals surface area (Å²) in [4.78, 5) is 11.0. The van der Waals surface area contributed by atoms with Crippen LogP contribution in [-0.2, 0) is 17.9 Å². The van der Waals surface area contributed by atoms with Crippen molar-refractivity contribution in [1.29, 1.82) is 0 Å². The molecule has 0 saturated carbocycles. The summed E-state index contributed by atoms with van der Waals surface area (Å²) >= 11 is 11.9. The monoisotopic (exact) mass is 313 g/mol. The third-order valence-corrected chi connectivity index (χ3v) is 3.17. The van der Waals surface area contributed by atoms with E-state index in [-0.39, 0.29) is 12.5 Å². The zero-order valence-electron chi connectivity index (χ0n) is 10.5. The van der Waals surface area contributed by atoms with Gasteiger partial charge in [0.05, 0.1) is 25.8 Å². The molecule has 0 saturated heterocycles. The summed E-state index contributed by atoms with van der Waals surface area (Å²) in [6, 6.07) is 5.28. The molecule has 1 amide bonds. The highest BCUT2D eigenvalue weighted by atomic mass is 35.5. The van der Waals surface area contributed by atoms with Gasteiger partial charge in [-0.15, -0.1) is 5.10 Å². The molecular formula is C12H13Cl2N5O. The lowest BCUT2D eigenvalue weighted by Gasteiger charge is -2.04. The normalized spacial score (nSPS) is 10.6. The van der Waals surface area contributed by atoms with E-state index in [1.54, 1.807) is 23.0 Å². The summed E-state index contributed by atoms with van der Waals surface area (Å²) in [5, 5.41) is 11.7. The van der Waals surface area contributed by atoms with Gasteiger partial charge in [0.2, 0.25) is 5.91 Å². The Bertz CT molecular complexity index is 614. The van der Waals surface area contributed by atoms with Gasteiger partial charge >= 0.3 is 0 Å². The lowest BCUT2D eigenvalue weighted by Crippen LogP contribution is -2.29. The average molecular weight is 314 g/mol. The maximum Gasteiger partial charge on any atom is 0.234 e. The molecule has 6 nitrogen and oxygen atoms in total. The minimum absolute atomic E-state index is 0.0471. The molecule has 0 atom stereocenters. The molecule has 2 rings (SSSR count). The molecule has 2 aromatic rings. The molecule has 20 heavy (non-hydrogen) atoms. The fourth-order valence-electron chi connectivity index (χ4n) is 1.58. The standard InChI is InChI=1S/C12H13Cl2N5O/c13-9-2-1-8(11(14)3-9)6-19-7-10(17-18-19)5-16-12(20)4-15/h1-3,7H,4-6,15H2,(H,16,20). The predicted molar refractivity (Wildman–Crippen MR) is 76.5 cm³/mol. The van der Waals surface area contributed by atoms with Crippen molar-refractivity contribution in [2.75, 3.05) is 6.54 Å². The Kier molecular flexibility index (Phi) is 4.94. The van der Waals surface area contributed by atoms with Gasteiger partial charge < -0.3 is 11.1 Å². The van der Waals surface area contributed by atoms with E-state index in [4.69, 9.17) is 28.9 Å². The summed E-state index contributed by atoms with van der Waals surface area (Å²) < 4.78 is 1.64. The Morgan fingerprint density at radius 3 is 2.90 bits per heavy atom. The Morgan fingerprint density at radius 1 is 1.40 bits per heavy atom. The van der Waals surface area contributed by atoms with E-state index in [9.17, 15) is 4.79 Å². The van der Waals surface area contributed by atoms with E-state index < -0.39 is 0 Å². The van der Waals surface area contributed by atoms with E-state index in [1.807, 2.05) is 6.07 Å². The van der Waals surface area contributed by atoms with Crippen molar-refractivity contribution in [2.45, 2.75) is 13.1 Å². The number of nitrogens with zero attached hydrogens (tertiary/aromatic N) is 3. The molecule has 0 radical (unpaired) electrons. The molecule has 1 aromatic carbocycles. The Balaban J connectivity index is 2.00. The number of benzene rings is 1. The zero-order valence-corrected chi connectivity index (χ0v) is 12.0. The molecule has 1 heterocycles. The number of aromatic nitrogens is 3. The van der Waals surface area contributed by atoms with Gasteiger partial charge in [0.1, 0.15) is 5.69 Å². The SMILES string of the molecule is NCC(=O)NCc1cn(Cc2ccc(Cl)cc2Cl)nn1. The molecular weight excluding hydrogens is 301 g/mol. The second-order valence-electron chi connectivity index (χ2n) is 4.12.